The molecule has 1 aliphatic heterocycles. The molecule has 1 fully saturated rings. The Labute approximate surface area is 134 Å². The number of aryl methyl sites for hydroxylation is 1. The van der Waals surface area contributed by atoms with Crippen molar-refractivity contribution < 1.29 is 9.90 Å². The first-order valence-electron chi connectivity index (χ1n) is 7.76. The maximum atomic E-state index is 12.8. The van der Waals surface area contributed by atoms with Crippen LogP contribution >= 0.6 is 0 Å². The number of aromatic nitrogens is 1. The first kappa shape index (κ1) is 15.7. The number of carboxylic acids is 1. The normalized spacial score (nSPS) is 16.8. The summed E-state index contributed by atoms with van der Waals surface area (Å²) in [5.74, 6) is -1.03. The van der Waals surface area contributed by atoms with Gasteiger partial charge in [-0.25, -0.2) is 4.79 Å². The van der Waals surface area contributed by atoms with Gasteiger partial charge in [0, 0.05) is 49.4 Å². The Kier molecular flexibility index (Phi) is 4.19. The molecule has 1 aromatic carbocycles. The molecule has 6 heteroatoms. The number of aromatic carboxylic acids is 1. The maximum Gasteiger partial charge on any atom is 0.337 e. The van der Waals surface area contributed by atoms with E-state index in [1.165, 1.54) is 6.07 Å². The summed E-state index contributed by atoms with van der Waals surface area (Å²) < 4.78 is 0. The van der Waals surface area contributed by atoms with Crippen LogP contribution in [0.4, 0.5) is 0 Å². The van der Waals surface area contributed by atoms with Gasteiger partial charge in [0.2, 0.25) is 0 Å². The summed E-state index contributed by atoms with van der Waals surface area (Å²) in [6, 6.07) is 4.82. The zero-order valence-electron chi connectivity index (χ0n) is 13.4. The van der Waals surface area contributed by atoms with Crippen LogP contribution in [0.1, 0.15) is 21.6 Å². The molecule has 0 bridgehead atoms. The number of nitrogens with one attached hydrogen (secondary N) is 1. The van der Waals surface area contributed by atoms with E-state index in [1.807, 2.05) is 6.92 Å². The lowest BCUT2D eigenvalue weighted by atomic mass is 10.0. The van der Waals surface area contributed by atoms with E-state index in [4.69, 9.17) is 0 Å². The standard InChI is InChI=1S/C17H21N3O3/c1-11-14(10-20-8-6-19(2)7-9-20)16(21)12-4-3-5-13(17(22)23)15(12)18-11/h3-5H,6-10H2,1-2H3,(H,18,21)(H,22,23). The molecule has 2 heterocycles. The zero-order chi connectivity index (χ0) is 16.6. The van der Waals surface area contributed by atoms with Crippen LogP contribution < -0.4 is 5.43 Å². The molecule has 2 N–H and O–H groups in total. The summed E-state index contributed by atoms with van der Waals surface area (Å²) in [5.41, 5.74) is 1.94. The fourth-order valence-corrected chi connectivity index (χ4v) is 3.07. The molecule has 0 atom stereocenters. The first-order valence-corrected chi connectivity index (χ1v) is 7.76. The SMILES string of the molecule is Cc1[nH]c2c(C(=O)O)cccc2c(=O)c1CN1CCN(C)CC1. The highest BCUT2D eigenvalue weighted by atomic mass is 16.4. The van der Waals surface area contributed by atoms with Gasteiger partial charge in [-0.05, 0) is 26.1 Å². The van der Waals surface area contributed by atoms with E-state index in [9.17, 15) is 14.7 Å². The Morgan fingerprint density at radius 1 is 1.26 bits per heavy atom. The number of pyridine rings is 1. The highest BCUT2D eigenvalue weighted by Gasteiger charge is 2.19. The second kappa shape index (κ2) is 6.14. The number of fused-ring (bicyclic) bond motifs is 1. The predicted octanol–water partition coefficient (Wildman–Crippen LogP) is 1.28. The Hall–Kier alpha value is -2.18. The van der Waals surface area contributed by atoms with Gasteiger partial charge in [0.25, 0.3) is 0 Å². The molecule has 1 aliphatic rings. The van der Waals surface area contributed by atoms with Crippen molar-refractivity contribution in [2.75, 3.05) is 33.2 Å². The lowest BCUT2D eigenvalue weighted by molar-refractivity contribution is 0.0699. The number of carboxylic acid groups (broad SMARTS) is 1. The maximum absolute atomic E-state index is 12.8. The fourth-order valence-electron chi connectivity index (χ4n) is 3.07. The molecule has 0 aliphatic carbocycles. The third-order valence-electron chi connectivity index (χ3n) is 4.56. The molecular weight excluding hydrogens is 294 g/mol. The Bertz CT molecular complexity index is 805. The second-order valence-corrected chi connectivity index (χ2v) is 6.17. The quantitative estimate of drug-likeness (QED) is 0.892. The van der Waals surface area contributed by atoms with Crippen LogP contribution in [-0.2, 0) is 6.54 Å². The summed E-state index contributed by atoms with van der Waals surface area (Å²) in [6.07, 6.45) is 0. The van der Waals surface area contributed by atoms with Crippen LogP contribution in [0.3, 0.4) is 0 Å². The minimum atomic E-state index is -1.03. The van der Waals surface area contributed by atoms with Gasteiger partial charge in [-0.15, -0.1) is 0 Å². The lowest BCUT2D eigenvalue weighted by Gasteiger charge is -2.32. The number of rotatable bonds is 3. The number of benzene rings is 1. The zero-order valence-corrected chi connectivity index (χ0v) is 13.4. The van der Waals surface area contributed by atoms with Crippen molar-refractivity contribution in [3.8, 4) is 0 Å². The second-order valence-electron chi connectivity index (χ2n) is 6.17. The first-order chi connectivity index (χ1) is 11.0. The van der Waals surface area contributed by atoms with E-state index in [1.54, 1.807) is 12.1 Å². The topological polar surface area (TPSA) is 76.6 Å². The third kappa shape index (κ3) is 3.00. The summed E-state index contributed by atoms with van der Waals surface area (Å²) >= 11 is 0. The predicted molar refractivity (Wildman–Crippen MR) is 89.0 cm³/mol. The number of hydrogen-bond acceptors (Lipinski definition) is 4. The van der Waals surface area contributed by atoms with Gasteiger partial charge in [0.15, 0.2) is 5.43 Å². The largest absolute Gasteiger partial charge is 0.478 e. The Morgan fingerprint density at radius 2 is 1.96 bits per heavy atom. The molecule has 1 aromatic heterocycles. The molecule has 0 unspecified atom stereocenters. The lowest BCUT2D eigenvalue weighted by Crippen LogP contribution is -2.44. The molecular formula is C17H21N3O3. The van der Waals surface area contributed by atoms with Crippen molar-refractivity contribution in [2.45, 2.75) is 13.5 Å². The number of H-pyrrole nitrogens is 1. The molecule has 122 valence electrons. The van der Waals surface area contributed by atoms with Crippen LogP contribution in [0.15, 0.2) is 23.0 Å². The average molecular weight is 315 g/mol. The molecule has 1 saturated heterocycles. The molecule has 0 amide bonds. The number of hydrogen-bond donors (Lipinski definition) is 2. The highest BCUT2D eigenvalue weighted by Crippen LogP contribution is 2.17. The van der Waals surface area contributed by atoms with E-state index in [0.717, 1.165) is 37.4 Å². The number of aromatic amines is 1. The van der Waals surface area contributed by atoms with E-state index >= 15 is 0 Å². The minimum Gasteiger partial charge on any atom is -0.478 e. The van der Waals surface area contributed by atoms with Crippen LogP contribution in [0, 0.1) is 6.92 Å². The summed E-state index contributed by atoms with van der Waals surface area (Å²) in [7, 11) is 2.10. The molecule has 3 rings (SSSR count). The van der Waals surface area contributed by atoms with Crippen molar-refractivity contribution in [3.05, 3.63) is 45.2 Å². The van der Waals surface area contributed by atoms with Gasteiger partial charge >= 0.3 is 5.97 Å². The van der Waals surface area contributed by atoms with Crippen LogP contribution in [0.25, 0.3) is 10.9 Å². The molecule has 6 nitrogen and oxygen atoms in total. The van der Waals surface area contributed by atoms with Gasteiger partial charge < -0.3 is 15.0 Å². The number of carbonyl (C=O) groups is 1. The van der Waals surface area contributed by atoms with Crippen LogP contribution in [0.2, 0.25) is 0 Å². The average Bonchev–Trinajstić information content (AvgIpc) is 2.52. The number of likely N-dealkylation sites (N-methyl/N-ethyl adjacent to an activating group) is 1. The fraction of sp³-hybridized carbons (Fsp3) is 0.412. The van der Waals surface area contributed by atoms with Crippen molar-refractivity contribution >= 4 is 16.9 Å². The summed E-state index contributed by atoms with van der Waals surface area (Å²) in [4.78, 5) is 31.8. The van der Waals surface area contributed by atoms with Gasteiger partial charge in [-0.3, -0.25) is 9.69 Å². The minimum absolute atomic E-state index is 0.0710. The molecule has 0 spiro atoms. The van der Waals surface area contributed by atoms with E-state index in [0.29, 0.717) is 17.4 Å². The molecule has 2 aromatic rings. The van der Waals surface area contributed by atoms with Crippen molar-refractivity contribution in [1.82, 2.24) is 14.8 Å². The Balaban J connectivity index is 2.02. The number of nitrogens with zero attached hydrogens (tertiary/aromatic N) is 2. The van der Waals surface area contributed by atoms with Crippen LogP contribution in [-0.4, -0.2) is 59.1 Å². The van der Waals surface area contributed by atoms with Crippen molar-refractivity contribution in [2.24, 2.45) is 0 Å². The molecule has 0 radical (unpaired) electrons. The monoisotopic (exact) mass is 315 g/mol. The van der Waals surface area contributed by atoms with E-state index < -0.39 is 5.97 Å². The van der Waals surface area contributed by atoms with Gasteiger partial charge in [0.05, 0.1) is 11.1 Å². The molecule has 23 heavy (non-hydrogen) atoms. The number of piperazine rings is 1. The van der Waals surface area contributed by atoms with Crippen molar-refractivity contribution in [1.29, 1.82) is 0 Å². The van der Waals surface area contributed by atoms with Gasteiger partial charge in [0.1, 0.15) is 0 Å². The Morgan fingerprint density at radius 3 is 2.61 bits per heavy atom. The van der Waals surface area contributed by atoms with E-state index in [-0.39, 0.29) is 11.0 Å². The smallest absolute Gasteiger partial charge is 0.337 e. The number of para-hydroxylation sites is 1. The summed E-state index contributed by atoms with van der Waals surface area (Å²) in [5, 5.41) is 9.73. The summed E-state index contributed by atoms with van der Waals surface area (Å²) in [6.45, 7) is 6.29. The third-order valence-corrected chi connectivity index (χ3v) is 4.56. The van der Waals surface area contributed by atoms with Crippen LogP contribution in [0.5, 0.6) is 0 Å². The van der Waals surface area contributed by atoms with Gasteiger partial charge in [-0.2, -0.15) is 0 Å². The highest BCUT2D eigenvalue weighted by molar-refractivity contribution is 6.01. The van der Waals surface area contributed by atoms with Gasteiger partial charge in [-0.1, -0.05) is 6.07 Å². The van der Waals surface area contributed by atoms with E-state index in [2.05, 4.69) is 21.8 Å². The molecule has 0 saturated carbocycles. The van der Waals surface area contributed by atoms with Crippen molar-refractivity contribution in [3.63, 3.8) is 0 Å².